The van der Waals surface area contributed by atoms with E-state index < -0.39 is 0 Å². The zero-order chi connectivity index (χ0) is 20.3. The Hall–Kier alpha value is -1.91. The second kappa shape index (κ2) is 8.62. The fraction of sp³-hybridized carbons (Fsp3) is 0.542. The molecule has 152 valence electrons. The summed E-state index contributed by atoms with van der Waals surface area (Å²) in [6.45, 7) is 14.3. The molecule has 28 heavy (non-hydrogen) atoms. The van der Waals surface area contributed by atoms with Crippen LogP contribution in [0.25, 0.3) is 0 Å². The highest BCUT2D eigenvalue weighted by molar-refractivity contribution is 5.95. The van der Waals surface area contributed by atoms with Crippen LogP contribution in [0.1, 0.15) is 55.1 Å². The van der Waals surface area contributed by atoms with E-state index in [0.29, 0.717) is 0 Å². The molecule has 4 heteroatoms. The highest BCUT2D eigenvalue weighted by Gasteiger charge is 2.19. The van der Waals surface area contributed by atoms with Gasteiger partial charge in [0.25, 0.3) is 5.91 Å². The summed E-state index contributed by atoms with van der Waals surface area (Å²) < 4.78 is 0. The number of carbonyl (C=O) groups excluding carboxylic acids is 1. The molecule has 1 saturated heterocycles. The first-order valence-electron chi connectivity index (χ1n) is 10.4. The van der Waals surface area contributed by atoms with Gasteiger partial charge in [-0.1, -0.05) is 38.5 Å². The molecule has 0 bridgehead atoms. The van der Waals surface area contributed by atoms with Gasteiger partial charge in [0, 0.05) is 44.0 Å². The van der Waals surface area contributed by atoms with Crippen LogP contribution in [0.4, 0.5) is 0 Å². The fourth-order valence-electron chi connectivity index (χ4n) is 4.07. The number of nitrogens with one attached hydrogen (secondary N) is 1. The van der Waals surface area contributed by atoms with Gasteiger partial charge in [0.1, 0.15) is 0 Å². The van der Waals surface area contributed by atoms with E-state index in [1.807, 2.05) is 12.1 Å². The number of nitrogens with zero attached hydrogens (tertiary/aromatic N) is 2. The molecule has 3 rings (SSSR count). The van der Waals surface area contributed by atoms with Crippen molar-refractivity contribution in [3.8, 4) is 0 Å². The monoisotopic (exact) mass is 381 g/mol. The van der Waals surface area contributed by atoms with Gasteiger partial charge in [-0.3, -0.25) is 9.69 Å². The van der Waals surface area contributed by atoms with Crippen molar-refractivity contribution >= 4 is 5.91 Å². The molecule has 0 unspecified atom stereocenters. The predicted octanol–water partition coefficient (Wildman–Crippen LogP) is 3.87. The number of amides is 1. The zero-order valence-electron chi connectivity index (χ0n) is 18.1. The van der Waals surface area contributed by atoms with Gasteiger partial charge in [0.2, 0.25) is 0 Å². The Morgan fingerprint density at radius 3 is 2.36 bits per heavy atom. The van der Waals surface area contributed by atoms with Crippen LogP contribution < -0.4 is 5.32 Å². The number of aryl methyl sites for hydroxylation is 1. The molecule has 0 spiro atoms. The maximum absolute atomic E-state index is 12.7. The van der Waals surface area contributed by atoms with Crippen molar-refractivity contribution in [2.45, 2.75) is 46.0 Å². The van der Waals surface area contributed by atoms with Crippen molar-refractivity contribution in [3.63, 3.8) is 0 Å². The molecule has 1 heterocycles. The maximum Gasteiger partial charge on any atom is 0.255 e. The summed E-state index contributed by atoms with van der Waals surface area (Å²) >= 11 is 0. The van der Waals surface area contributed by atoms with E-state index in [1.54, 1.807) is 0 Å². The summed E-state index contributed by atoms with van der Waals surface area (Å²) in [6, 6.07) is 6.04. The topological polar surface area (TPSA) is 35.6 Å². The average molecular weight is 382 g/mol. The number of hydrogen-bond acceptors (Lipinski definition) is 3. The minimum atomic E-state index is -0.00859. The molecule has 1 aliphatic carbocycles. The van der Waals surface area contributed by atoms with Crippen LogP contribution in [-0.4, -0.2) is 55.5 Å². The molecule has 2 aliphatic rings. The summed E-state index contributed by atoms with van der Waals surface area (Å²) in [5.74, 6) is -0.00859. The van der Waals surface area contributed by atoms with E-state index in [1.165, 1.54) is 16.7 Å². The van der Waals surface area contributed by atoms with Crippen molar-refractivity contribution in [2.24, 2.45) is 0 Å². The second-order valence-electron chi connectivity index (χ2n) is 9.33. The third kappa shape index (κ3) is 5.33. The minimum Gasteiger partial charge on any atom is -0.326 e. The number of benzene rings is 1. The third-order valence-electron chi connectivity index (χ3n) is 5.83. The zero-order valence-corrected chi connectivity index (χ0v) is 18.1. The van der Waals surface area contributed by atoms with Gasteiger partial charge >= 0.3 is 0 Å². The predicted molar refractivity (Wildman–Crippen MR) is 117 cm³/mol. The minimum absolute atomic E-state index is 0.00859. The summed E-state index contributed by atoms with van der Waals surface area (Å²) in [4.78, 5) is 17.6. The first kappa shape index (κ1) is 20.8. The highest BCUT2D eigenvalue weighted by Crippen LogP contribution is 2.26. The fourth-order valence-corrected chi connectivity index (χ4v) is 4.07. The molecule has 1 fully saturated rings. The third-order valence-corrected chi connectivity index (χ3v) is 5.83. The summed E-state index contributed by atoms with van der Waals surface area (Å²) in [7, 11) is 2.19. The van der Waals surface area contributed by atoms with Crippen LogP contribution in [-0.2, 0) is 5.41 Å². The Labute approximate surface area is 170 Å². The van der Waals surface area contributed by atoms with E-state index in [0.717, 1.165) is 56.8 Å². The largest absolute Gasteiger partial charge is 0.326 e. The number of hydrogen-bond donors (Lipinski definition) is 1. The summed E-state index contributed by atoms with van der Waals surface area (Å²) in [5.41, 5.74) is 5.77. The quantitative estimate of drug-likeness (QED) is 0.860. The number of allylic oxidation sites excluding steroid dienone is 3. The molecular formula is C24H35N3O. The Morgan fingerprint density at radius 2 is 1.79 bits per heavy atom. The van der Waals surface area contributed by atoms with E-state index in [4.69, 9.17) is 0 Å². The Bertz CT molecular complexity index is 778. The Kier molecular flexibility index (Phi) is 6.41. The second-order valence-corrected chi connectivity index (χ2v) is 9.33. The number of carbonyl (C=O) groups is 1. The molecule has 1 amide bonds. The molecule has 1 aliphatic heterocycles. The van der Waals surface area contributed by atoms with Gasteiger partial charge in [-0.15, -0.1) is 0 Å². The SMILES string of the molecule is Cc1cc(C(=O)NC2=CC=C(CN3CCN(C)CC3)CC2)ccc1C(C)(C)C. The van der Waals surface area contributed by atoms with Gasteiger partial charge < -0.3 is 10.2 Å². The molecule has 1 N–H and O–H groups in total. The molecule has 4 nitrogen and oxygen atoms in total. The lowest BCUT2D eigenvalue weighted by atomic mass is 9.83. The van der Waals surface area contributed by atoms with E-state index >= 15 is 0 Å². The van der Waals surface area contributed by atoms with Gasteiger partial charge in [-0.05, 0) is 61.6 Å². The highest BCUT2D eigenvalue weighted by atomic mass is 16.1. The lowest BCUT2D eigenvalue weighted by molar-refractivity contribution is 0.0964. The van der Waals surface area contributed by atoms with Gasteiger partial charge in [-0.25, -0.2) is 0 Å². The molecule has 1 aromatic rings. The van der Waals surface area contributed by atoms with Crippen LogP contribution in [0.3, 0.4) is 0 Å². The van der Waals surface area contributed by atoms with E-state index in [-0.39, 0.29) is 11.3 Å². The number of rotatable bonds is 4. The van der Waals surface area contributed by atoms with Gasteiger partial charge in [0.05, 0.1) is 0 Å². The van der Waals surface area contributed by atoms with Crippen LogP contribution in [0.5, 0.6) is 0 Å². The van der Waals surface area contributed by atoms with E-state index in [2.05, 4.69) is 68.1 Å². The molecule has 0 saturated carbocycles. The lowest BCUT2D eigenvalue weighted by Gasteiger charge is -2.33. The van der Waals surface area contributed by atoms with Crippen molar-refractivity contribution in [3.05, 3.63) is 58.3 Å². The van der Waals surface area contributed by atoms with Crippen molar-refractivity contribution in [2.75, 3.05) is 39.8 Å². The van der Waals surface area contributed by atoms with Gasteiger partial charge in [-0.2, -0.15) is 0 Å². The number of likely N-dealkylation sites (N-methyl/N-ethyl adjacent to an activating group) is 1. The number of piperazine rings is 1. The van der Waals surface area contributed by atoms with Crippen molar-refractivity contribution < 1.29 is 4.79 Å². The van der Waals surface area contributed by atoms with Crippen molar-refractivity contribution in [1.82, 2.24) is 15.1 Å². The lowest BCUT2D eigenvalue weighted by Crippen LogP contribution is -2.45. The summed E-state index contributed by atoms with van der Waals surface area (Å²) in [6.07, 6.45) is 6.22. The molecular weight excluding hydrogens is 346 g/mol. The molecule has 1 aromatic carbocycles. The van der Waals surface area contributed by atoms with Crippen molar-refractivity contribution in [1.29, 1.82) is 0 Å². The maximum atomic E-state index is 12.7. The van der Waals surface area contributed by atoms with Gasteiger partial charge in [0.15, 0.2) is 0 Å². The average Bonchev–Trinajstić information content (AvgIpc) is 2.64. The Morgan fingerprint density at radius 1 is 1.07 bits per heavy atom. The van der Waals surface area contributed by atoms with Crippen LogP contribution in [0, 0.1) is 6.92 Å². The smallest absolute Gasteiger partial charge is 0.255 e. The normalized spacial score (nSPS) is 19.2. The Balaban J connectivity index is 1.58. The molecule has 0 atom stereocenters. The molecule has 0 aromatic heterocycles. The summed E-state index contributed by atoms with van der Waals surface area (Å²) in [5, 5.41) is 3.11. The standard InChI is InChI=1S/C24H35N3O/c1-18-16-20(8-11-22(18)24(2,3)4)23(28)25-21-9-6-19(7-10-21)17-27-14-12-26(5)13-15-27/h6,8-9,11,16H,7,10,12-15,17H2,1-5H3,(H,25,28). The van der Waals surface area contributed by atoms with E-state index in [9.17, 15) is 4.79 Å². The molecule has 0 radical (unpaired) electrons. The van der Waals surface area contributed by atoms with Crippen LogP contribution in [0.2, 0.25) is 0 Å². The van der Waals surface area contributed by atoms with Crippen LogP contribution >= 0.6 is 0 Å². The van der Waals surface area contributed by atoms with Crippen LogP contribution in [0.15, 0.2) is 41.6 Å². The first-order valence-corrected chi connectivity index (χ1v) is 10.4. The first-order chi connectivity index (χ1) is 13.2.